The van der Waals surface area contributed by atoms with Gasteiger partial charge in [0.15, 0.2) is 6.61 Å². The van der Waals surface area contributed by atoms with E-state index in [4.69, 9.17) is 10.5 Å². The summed E-state index contributed by atoms with van der Waals surface area (Å²) < 4.78 is 5.36. The number of carbonyl (C=O) groups is 1. The Kier molecular flexibility index (Phi) is 6.11. The summed E-state index contributed by atoms with van der Waals surface area (Å²) >= 11 is 0. The topological polar surface area (TPSA) is 68.5 Å². The number of hydrogen-bond acceptors (Lipinski definition) is 4. The summed E-state index contributed by atoms with van der Waals surface area (Å²) in [6.07, 6.45) is 2.80. The lowest BCUT2D eigenvalue weighted by Gasteiger charge is -2.26. The molecule has 0 unspecified atom stereocenters. The third-order valence-corrected chi connectivity index (χ3v) is 3.66. The number of aromatic nitrogens is 1. The highest BCUT2D eigenvalue weighted by atomic mass is 16.5. The van der Waals surface area contributed by atoms with Crippen molar-refractivity contribution in [3.8, 4) is 5.75 Å². The Morgan fingerprint density at radius 2 is 2.13 bits per heavy atom. The normalized spacial score (nSPS) is 12.1. The minimum absolute atomic E-state index is 0.106. The van der Waals surface area contributed by atoms with Crippen LogP contribution in [0, 0.1) is 0 Å². The van der Waals surface area contributed by atoms with Crippen LogP contribution in [0.1, 0.15) is 30.6 Å². The number of ether oxygens (including phenoxy) is 1. The van der Waals surface area contributed by atoms with Gasteiger partial charge in [-0.2, -0.15) is 0 Å². The van der Waals surface area contributed by atoms with Gasteiger partial charge in [0, 0.05) is 12.7 Å². The highest BCUT2D eigenvalue weighted by molar-refractivity contribution is 5.75. The number of nitrogens with zero attached hydrogens (tertiary/aromatic N) is 2. The Hall–Kier alpha value is -2.40. The molecule has 5 heteroatoms. The number of nitrogens with two attached hydrogens (primary N) is 1. The summed E-state index contributed by atoms with van der Waals surface area (Å²) in [5.41, 5.74) is 7.28. The van der Waals surface area contributed by atoms with Crippen molar-refractivity contribution in [2.45, 2.75) is 25.9 Å². The highest BCUT2D eigenvalue weighted by Gasteiger charge is 2.16. The lowest BCUT2D eigenvalue weighted by atomic mass is 10.1. The number of rotatable bonds is 8. The van der Waals surface area contributed by atoms with Crippen molar-refractivity contribution in [2.24, 2.45) is 5.73 Å². The average molecular weight is 313 g/mol. The van der Waals surface area contributed by atoms with Gasteiger partial charge >= 0.3 is 0 Å². The molecule has 0 aliphatic rings. The zero-order valence-corrected chi connectivity index (χ0v) is 13.6. The van der Waals surface area contributed by atoms with Gasteiger partial charge in [-0.1, -0.05) is 25.1 Å². The first-order valence-electron chi connectivity index (χ1n) is 7.71. The van der Waals surface area contributed by atoms with Crippen LogP contribution in [0.2, 0.25) is 0 Å². The van der Waals surface area contributed by atoms with Crippen LogP contribution in [0.15, 0.2) is 48.7 Å². The van der Waals surface area contributed by atoms with E-state index in [2.05, 4.69) is 29.9 Å². The number of amides is 1. The summed E-state index contributed by atoms with van der Waals surface area (Å²) in [4.78, 5) is 17.5. The molecule has 0 aliphatic heterocycles. The van der Waals surface area contributed by atoms with Gasteiger partial charge in [0.05, 0.1) is 11.7 Å². The molecule has 1 aromatic heterocycles. The summed E-state index contributed by atoms with van der Waals surface area (Å²) in [5, 5.41) is 0. The van der Waals surface area contributed by atoms with E-state index in [0.29, 0.717) is 5.75 Å². The van der Waals surface area contributed by atoms with Crippen molar-refractivity contribution < 1.29 is 9.53 Å². The minimum Gasteiger partial charge on any atom is -0.484 e. The van der Waals surface area contributed by atoms with Crippen LogP contribution in [-0.4, -0.2) is 29.4 Å². The van der Waals surface area contributed by atoms with E-state index in [-0.39, 0.29) is 12.6 Å². The van der Waals surface area contributed by atoms with Crippen molar-refractivity contribution in [1.82, 2.24) is 9.88 Å². The third kappa shape index (κ3) is 5.07. The molecule has 2 N–H and O–H groups in total. The van der Waals surface area contributed by atoms with E-state index < -0.39 is 5.91 Å². The van der Waals surface area contributed by atoms with Crippen LogP contribution in [0.4, 0.5) is 0 Å². The smallest absolute Gasteiger partial charge is 0.255 e. The van der Waals surface area contributed by atoms with Crippen molar-refractivity contribution in [3.63, 3.8) is 0 Å². The molecule has 1 heterocycles. The van der Waals surface area contributed by atoms with E-state index in [1.807, 2.05) is 42.6 Å². The second-order valence-electron chi connectivity index (χ2n) is 5.50. The van der Waals surface area contributed by atoms with Gasteiger partial charge in [0.1, 0.15) is 5.75 Å². The first-order chi connectivity index (χ1) is 11.1. The maximum atomic E-state index is 10.8. The summed E-state index contributed by atoms with van der Waals surface area (Å²) in [5.74, 6) is 0.175. The SMILES string of the molecule is CC[C@H](c1ccccn1)N(C)Cc1cccc(OCC(N)=O)c1. The summed E-state index contributed by atoms with van der Waals surface area (Å²) in [6, 6.07) is 14.0. The van der Waals surface area contributed by atoms with Gasteiger partial charge < -0.3 is 10.5 Å². The molecule has 0 saturated heterocycles. The molecule has 0 fully saturated rings. The first-order valence-corrected chi connectivity index (χ1v) is 7.71. The molecular weight excluding hydrogens is 290 g/mol. The molecule has 5 nitrogen and oxygen atoms in total. The molecule has 0 saturated carbocycles. The molecule has 1 atom stereocenters. The molecule has 1 amide bonds. The number of hydrogen-bond donors (Lipinski definition) is 1. The minimum atomic E-state index is -0.478. The molecule has 1 aromatic carbocycles. The molecule has 2 rings (SSSR count). The van der Waals surface area contributed by atoms with Crippen LogP contribution in [0.25, 0.3) is 0 Å². The van der Waals surface area contributed by atoms with Crippen LogP contribution in [0.5, 0.6) is 5.75 Å². The zero-order valence-electron chi connectivity index (χ0n) is 13.6. The fraction of sp³-hybridized carbons (Fsp3) is 0.333. The molecule has 2 aromatic rings. The molecule has 0 spiro atoms. The van der Waals surface area contributed by atoms with Crippen molar-refractivity contribution >= 4 is 5.91 Å². The molecule has 122 valence electrons. The summed E-state index contributed by atoms with van der Waals surface area (Å²) in [6.45, 7) is 2.82. The van der Waals surface area contributed by atoms with Crippen molar-refractivity contribution in [1.29, 1.82) is 0 Å². The third-order valence-electron chi connectivity index (χ3n) is 3.66. The standard InChI is InChI=1S/C18H23N3O2/c1-3-17(16-9-4-5-10-20-16)21(2)12-14-7-6-8-15(11-14)23-13-18(19)22/h4-11,17H,3,12-13H2,1-2H3,(H2,19,22)/t17-/m1/s1. The maximum absolute atomic E-state index is 10.8. The van der Waals surface area contributed by atoms with E-state index in [1.54, 1.807) is 0 Å². The van der Waals surface area contributed by atoms with E-state index in [1.165, 1.54) is 0 Å². The summed E-state index contributed by atoms with van der Waals surface area (Å²) in [7, 11) is 2.08. The average Bonchev–Trinajstić information content (AvgIpc) is 2.55. The predicted octanol–water partition coefficient (Wildman–Crippen LogP) is 2.53. The quantitative estimate of drug-likeness (QED) is 0.813. The lowest BCUT2D eigenvalue weighted by Crippen LogP contribution is -2.24. The fourth-order valence-electron chi connectivity index (χ4n) is 2.61. The van der Waals surface area contributed by atoms with Gasteiger partial charge in [0.25, 0.3) is 5.91 Å². The Morgan fingerprint density at radius 3 is 2.78 bits per heavy atom. The van der Waals surface area contributed by atoms with Gasteiger partial charge in [-0.25, -0.2) is 0 Å². The zero-order chi connectivity index (χ0) is 16.7. The fourth-order valence-corrected chi connectivity index (χ4v) is 2.61. The number of carbonyl (C=O) groups excluding carboxylic acids is 1. The molecule has 23 heavy (non-hydrogen) atoms. The molecule has 0 radical (unpaired) electrons. The van der Waals surface area contributed by atoms with Crippen molar-refractivity contribution in [3.05, 3.63) is 59.9 Å². The Bertz CT molecular complexity index is 631. The largest absolute Gasteiger partial charge is 0.484 e. The Balaban J connectivity index is 2.05. The predicted molar refractivity (Wildman–Crippen MR) is 89.9 cm³/mol. The molecule has 0 bridgehead atoms. The second kappa shape index (κ2) is 8.29. The maximum Gasteiger partial charge on any atom is 0.255 e. The van der Waals surface area contributed by atoms with E-state index in [0.717, 1.165) is 24.2 Å². The van der Waals surface area contributed by atoms with Crippen LogP contribution in [-0.2, 0) is 11.3 Å². The molecular formula is C18H23N3O2. The highest BCUT2D eigenvalue weighted by Crippen LogP contribution is 2.23. The van der Waals surface area contributed by atoms with Gasteiger partial charge in [-0.15, -0.1) is 0 Å². The van der Waals surface area contributed by atoms with Gasteiger partial charge in [-0.3, -0.25) is 14.7 Å². The van der Waals surface area contributed by atoms with Gasteiger partial charge in [0.2, 0.25) is 0 Å². The van der Waals surface area contributed by atoms with E-state index in [9.17, 15) is 4.79 Å². The van der Waals surface area contributed by atoms with Crippen molar-refractivity contribution in [2.75, 3.05) is 13.7 Å². The Labute approximate surface area is 137 Å². The van der Waals surface area contributed by atoms with E-state index >= 15 is 0 Å². The first kappa shape index (κ1) is 17.0. The van der Waals surface area contributed by atoms with Gasteiger partial charge in [-0.05, 0) is 43.3 Å². The number of pyridine rings is 1. The monoisotopic (exact) mass is 313 g/mol. The van der Waals surface area contributed by atoms with Crippen LogP contribution >= 0.6 is 0 Å². The number of primary amides is 1. The second-order valence-corrected chi connectivity index (χ2v) is 5.50. The number of benzene rings is 1. The van der Waals surface area contributed by atoms with Crippen LogP contribution in [0.3, 0.4) is 0 Å². The molecule has 0 aliphatic carbocycles. The van der Waals surface area contributed by atoms with Crippen LogP contribution < -0.4 is 10.5 Å². The lowest BCUT2D eigenvalue weighted by molar-refractivity contribution is -0.119. The Morgan fingerprint density at radius 1 is 1.30 bits per heavy atom.